The molecule has 0 spiro atoms. The average molecular weight is 392 g/mol. The number of carbonyl (C=O) groups excluding carboxylic acids is 3. The molecule has 1 aliphatic heterocycles. The first-order valence-electron chi connectivity index (χ1n) is 9.30. The summed E-state index contributed by atoms with van der Waals surface area (Å²) < 4.78 is 9.41. The number of likely N-dealkylation sites (tertiary alicyclic amines) is 1. The third-order valence-electron chi connectivity index (χ3n) is 5.17. The lowest BCUT2D eigenvalue weighted by Crippen LogP contribution is -2.45. The van der Waals surface area contributed by atoms with Gasteiger partial charge in [0.1, 0.15) is 0 Å². The molecule has 154 valence electrons. The van der Waals surface area contributed by atoms with Gasteiger partial charge in [0, 0.05) is 17.8 Å². The van der Waals surface area contributed by atoms with E-state index in [2.05, 4.69) is 17.1 Å². The lowest BCUT2D eigenvalue weighted by molar-refractivity contribution is -0.118. The topological polar surface area (TPSA) is 105 Å². The van der Waals surface area contributed by atoms with Gasteiger partial charge in [0.05, 0.1) is 31.9 Å². The van der Waals surface area contributed by atoms with Crippen molar-refractivity contribution in [1.82, 2.24) is 4.90 Å². The van der Waals surface area contributed by atoms with Gasteiger partial charge in [0.2, 0.25) is 5.91 Å². The number of amides is 1. The number of methoxy groups -OCH3 is 2. The Morgan fingerprint density at radius 1 is 1.14 bits per heavy atom. The van der Waals surface area contributed by atoms with Crippen LogP contribution in [0.3, 0.4) is 0 Å². The zero-order valence-electron chi connectivity index (χ0n) is 16.6. The molecule has 0 aromatic heterocycles. The minimum atomic E-state index is -0.614. The summed E-state index contributed by atoms with van der Waals surface area (Å²) in [5.41, 5.74) is 0.499. The van der Waals surface area contributed by atoms with E-state index in [9.17, 15) is 14.4 Å². The van der Waals surface area contributed by atoms with Crippen molar-refractivity contribution >= 4 is 23.5 Å². The Morgan fingerprint density at radius 2 is 1.75 bits per heavy atom. The molecule has 8 heteroatoms. The summed E-state index contributed by atoms with van der Waals surface area (Å²) in [6.45, 7) is 3.24. The van der Waals surface area contributed by atoms with Gasteiger partial charge in [-0.05, 0) is 57.4 Å². The highest BCUT2D eigenvalue weighted by Gasteiger charge is 2.36. The number of aliphatic hydroxyl groups excluding tert-OH is 1. The highest BCUT2D eigenvalue weighted by atomic mass is 16.5. The van der Waals surface area contributed by atoms with Crippen molar-refractivity contribution in [3.05, 3.63) is 29.3 Å². The van der Waals surface area contributed by atoms with E-state index in [4.69, 9.17) is 14.6 Å². The molecule has 1 saturated heterocycles. The second-order valence-corrected chi connectivity index (χ2v) is 7.18. The van der Waals surface area contributed by atoms with Crippen molar-refractivity contribution in [2.24, 2.45) is 0 Å². The number of aliphatic hydroxyl groups is 1. The SMILES string of the molecule is COC(=O)c1cc(NC(=O)CN2CCC[C@@]2(C)CCCO)cc(C(=O)OC)c1. The summed E-state index contributed by atoms with van der Waals surface area (Å²) in [7, 11) is 2.48. The van der Waals surface area contributed by atoms with Crippen LogP contribution in [0.2, 0.25) is 0 Å². The first kappa shape index (κ1) is 21.8. The maximum atomic E-state index is 12.6. The summed E-state index contributed by atoms with van der Waals surface area (Å²) in [5, 5.41) is 11.9. The van der Waals surface area contributed by atoms with E-state index in [1.54, 1.807) is 0 Å². The first-order chi connectivity index (χ1) is 13.3. The third kappa shape index (κ3) is 5.30. The largest absolute Gasteiger partial charge is 0.465 e. The van der Waals surface area contributed by atoms with Crippen LogP contribution in [0.15, 0.2) is 18.2 Å². The van der Waals surface area contributed by atoms with Crippen molar-refractivity contribution in [3.63, 3.8) is 0 Å². The van der Waals surface area contributed by atoms with Gasteiger partial charge < -0.3 is 19.9 Å². The Hall–Kier alpha value is -2.45. The Kier molecular flexibility index (Phi) is 7.53. The maximum Gasteiger partial charge on any atom is 0.337 e. The van der Waals surface area contributed by atoms with Crippen LogP contribution in [0, 0.1) is 0 Å². The Bertz CT molecular complexity index is 701. The molecule has 1 aliphatic rings. The van der Waals surface area contributed by atoms with Gasteiger partial charge in [-0.3, -0.25) is 9.69 Å². The number of ether oxygens (including phenoxy) is 2. The van der Waals surface area contributed by atoms with Crippen molar-refractivity contribution in [1.29, 1.82) is 0 Å². The van der Waals surface area contributed by atoms with Crippen LogP contribution in [-0.2, 0) is 14.3 Å². The fraction of sp³-hybridized carbons (Fsp3) is 0.550. The quantitative estimate of drug-likeness (QED) is 0.650. The molecule has 1 aromatic carbocycles. The normalized spacial score (nSPS) is 19.3. The Labute approximate surface area is 164 Å². The van der Waals surface area contributed by atoms with E-state index in [0.717, 1.165) is 25.8 Å². The monoisotopic (exact) mass is 392 g/mol. The maximum absolute atomic E-state index is 12.6. The standard InChI is InChI=1S/C20H28N2O6/c1-20(7-5-9-23)6-4-8-22(20)13-17(24)21-16-11-14(18(25)27-2)10-15(12-16)19(26)28-3/h10-12,23H,4-9,13H2,1-3H3,(H,21,24)/t20-/m0/s1. The molecule has 1 atom stereocenters. The van der Waals surface area contributed by atoms with Crippen LogP contribution >= 0.6 is 0 Å². The fourth-order valence-corrected chi connectivity index (χ4v) is 3.64. The van der Waals surface area contributed by atoms with Crippen molar-refractivity contribution < 1.29 is 29.0 Å². The molecule has 28 heavy (non-hydrogen) atoms. The summed E-state index contributed by atoms with van der Waals surface area (Å²) in [6.07, 6.45) is 3.49. The zero-order valence-corrected chi connectivity index (χ0v) is 16.6. The smallest absolute Gasteiger partial charge is 0.337 e. The second kappa shape index (κ2) is 9.66. The molecule has 1 aromatic rings. The van der Waals surface area contributed by atoms with Crippen LogP contribution in [-0.4, -0.2) is 67.3 Å². The molecule has 0 aliphatic carbocycles. The number of esters is 2. The highest BCUT2D eigenvalue weighted by molar-refractivity contribution is 5.99. The summed E-state index contributed by atoms with van der Waals surface area (Å²) in [6, 6.07) is 4.29. The predicted molar refractivity (Wildman–Crippen MR) is 103 cm³/mol. The molecule has 2 rings (SSSR count). The highest BCUT2D eigenvalue weighted by Crippen LogP contribution is 2.32. The third-order valence-corrected chi connectivity index (χ3v) is 5.17. The minimum Gasteiger partial charge on any atom is -0.465 e. The second-order valence-electron chi connectivity index (χ2n) is 7.18. The zero-order chi connectivity index (χ0) is 20.7. The summed E-state index contributed by atoms with van der Waals surface area (Å²) in [5.74, 6) is -1.47. The molecular weight excluding hydrogens is 364 g/mol. The van der Waals surface area contributed by atoms with E-state index in [0.29, 0.717) is 12.1 Å². The first-order valence-corrected chi connectivity index (χ1v) is 9.30. The van der Waals surface area contributed by atoms with Crippen LogP contribution in [0.1, 0.15) is 53.3 Å². The number of nitrogens with one attached hydrogen (secondary N) is 1. The van der Waals surface area contributed by atoms with Crippen LogP contribution < -0.4 is 5.32 Å². The number of hydrogen-bond donors (Lipinski definition) is 2. The van der Waals surface area contributed by atoms with E-state index in [1.807, 2.05) is 0 Å². The molecule has 0 unspecified atom stereocenters. The fourth-order valence-electron chi connectivity index (χ4n) is 3.64. The van der Waals surface area contributed by atoms with Gasteiger partial charge in [-0.2, -0.15) is 0 Å². The van der Waals surface area contributed by atoms with Crippen LogP contribution in [0.25, 0.3) is 0 Å². The lowest BCUT2D eigenvalue weighted by atomic mass is 9.93. The number of benzene rings is 1. The van der Waals surface area contributed by atoms with Crippen LogP contribution in [0.5, 0.6) is 0 Å². The summed E-state index contributed by atoms with van der Waals surface area (Å²) >= 11 is 0. The number of hydrogen-bond acceptors (Lipinski definition) is 7. The molecule has 1 heterocycles. The van der Waals surface area contributed by atoms with Gasteiger partial charge in [0.25, 0.3) is 0 Å². The number of rotatable bonds is 8. The van der Waals surface area contributed by atoms with Gasteiger partial charge in [0.15, 0.2) is 0 Å². The van der Waals surface area contributed by atoms with E-state index >= 15 is 0 Å². The molecule has 2 N–H and O–H groups in total. The Balaban J connectivity index is 2.14. The van der Waals surface area contributed by atoms with Crippen molar-refractivity contribution in [2.75, 3.05) is 39.2 Å². The molecule has 1 fully saturated rings. The van der Waals surface area contributed by atoms with Gasteiger partial charge in [-0.15, -0.1) is 0 Å². The molecule has 1 amide bonds. The number of nitrogens with zero attached hydrogens (tertiary/aromatic N) is 1. The van der Waals surface area contributed by atoms with Crippen molar-refractivity contribution in [2.45, 2.75) is 38.1 Å². The van der Waals surface area contributed by atoms with Gasteiger partial charge in [-0.25, -0.2) is 9.59 Å². The molecular formula is C20H28N2O6. The van der Waals surface area contributed by atoms with Crippen LogP contribution in [0.4, 0.5) is 5.69 Å². The van der Waals surface area contributed by atoms with E-state index in [-0.39, 0.29) is 35.7 Å². The number of anilines is 1. The van der Waals surface area contributed by atoms with E-state index < -0.39 is 11.9 Å². The molecule has 0 radical (unpaired) electrons. The number of carbonyl (C=O) groups is 3. The molecule has 0 saturated carbocycles. The van der Waals surface area contributed by atoms with Gasteiger partial charge in [-0.1, -0.05) is 0 Å². The Morgan fingerprint density at radius 3 is 2.29 bits per heavy atom. The molecule has 8 nitrogen and oxygen atoms in total. The van der Waals surface area contributed by atoms with Crippen molar-refractivity contribution in [3.8, 4) is 0 Å². The molecule has 0 bridgehead atoms. The minimum absolute atomic E-state index is 0.120. The predicted octanol–water partition coefficient (Wildman–Crippen LogP) is 1.83. The van der Waals surface area contributed by atoms with Gasteiger partial charge >= 0.3 is 11.9 Å². The van der Waals surface area contributed by atoms with E-state index in [1.165, 1.54) is 32.4 Å². The average Bonchev–Trinajstić information content (AvgIpc) is 3.05. The summed E-state index contributed by atoms with van der Waals surface area (Å²) in [4.78, 5) is 38.4. The lowest BCUT2D eigenvalue weighted by Gasteiger charge is -2.34.